The molecule has 3 nitrogen and oxygen atoms in total. The third kappa shape index (κ3) is 3.10. The van der Waals surface area contributed by atoms with Crippen LogP contribution >= 0.6 is 11.3 Å². The average Bonchev–Trinajstić information content (AvgIpc) is 3.25. The van der Waals surface area contributed by atoms with Gasteiger partial charge >= 0.3 is 0 Å². The second kappa shape index (κ2) is 6.76. The lowest BCUT2D eigenvalue weighted by atomic mass is 10.0. The molecule has 1 N–H and O–H groups in total. The third-order valence-corrected chi connectivity index (χ3v) is 6.28. The maximum Gasteiger partial charge on any atom is 0.130 e. The molecule has 4 rings (SSSR count). The molecular formula is C22H24N2OS. The minimum Gasteiger partial charge on any atom is -0.507 e. The highest BCUT2D eigenvalue weighted by molar-refractivity contribution is 7.13. The second-order valence-corrected chi connectivity index (χ2v) is 8.15. The summed E-state index contributed by atoms with van der Waals surface area (Å²) in [6, 6.07) is 12.7. The highest BCUT2D eigenvalue weighted by Crippen LogP contribution is 2.37. The first kappa shape index (κ1) is 17.1. The van der Waals surface area contributed by atoms with E-state index in [-0.39, 0.29) is 5.75 Å². The summed E-state index contributed by atoms with van der Waals surface area (Å²) in [5.74, 6) is 1.29. The van der Waals surface area contributed by atoms with Gasteiger partial charge in [-0.15, -0.1) is 11.3 Å². The van der Waals surface area contributed by atoms with Crippen LogP contribution in [0.15, 0.2) is 41.8 Å². The van der Waals surface area contributed by atoms with Gasteiger partial charge < -0.3 is 10.0 Å². The molecule has 26 heavy (non-hydrogen) atoms. The molecular weight excluding hydrogens is 340 g/mol. The largest absolute Gasteiger partial charge is 0.507 e. The smallest absolute Gasteiger partial charge is 0.130 e. The van der Waals surface area contributed by atoms with Crippen LogP contribution < -0.4 is 4.90 Å². The van der Waals surface area contributed by atoms with Crippen molar-refractivity contribution in [3.63, 3.8) is 0 Å². The molecule has 0 aliphatic carbocycles. The highest BCUT2D eigenvalue weighted by atomic mass is 32.1. The number of anilines is 1. The molecule has 134 valence electrons. The lowest BCUT2D eigenvalue weighted by molar-refractivity contribution is 0.477. The predicted octanol–water partition coefficient (Wildman–Crippen LogP) is 5.79. The Hall–Kier alpha value is -2.33. The third-order valence-electron chi connectivity index (χ3n) is 5.21. The van der Waals surface area contributed by atoms with Gasteiger partial charge in [0.25, 0.3) is 0 Å². The van der Waals surface area contributed by atoms with E-state index >= 15 is 0 Å². The summed E-state index contributed by atoms with van der Waals surface area (Å²) in [5, 5.41) is 12.6. The predicted molar refractivity (Wildman–Crippen MR) is 110 cm³/mol. The van der Waals surface area contributed by atoms with Gasteiger partial charge in [-0.1, -0.05) is 11.6 Å². The molecule has 2 aromatic heterocycles. The van der Waals surface area contributed by atoms with E-state index in [1.807, 2.05) is 19.1 Å². The van der Waals surface area contributed by atoms with E-state index in [1.165, 1.54) is 28.8 Å². The molecule has 0 amide bonds. The normalized spacial score (nSPS) is 17.0. The Balaban J connectivity index is 1.90. The van der Waals surface area contributed by atoms with Crippen molar-refractivity contribution in [3.8, 4) is 27.4 Å². The van der Waals surface area contributed by atoms with Crippen molar-refractivity contribution >= 4 is 17.2 Å². The van der Waals surface area contributed by atoms with E-state index in [9.17, 15) is 5.11 Å². The monoisotopic (exact) mass is 364 g/mol. The SMILES string of the molecule is Cc1ccc(O)c(-c2cc(-c3sccc3C)cc(N3CCCC3C)n2)c1. The lowest BCUT2D eigenvalue weighted by Gasteiger charge is -2.24. The molecule has 1 unspecified atom stereocenters. The van der Waals surface area contributed by atoms with Gasteiger partial charge in [-0.2, -0.15) is 0 Å². The Bertz CT molecular complexity index is 947. The standard InChI is InChI=1S/C22H24N2OS/c1-14-6-7-20(25)18(11-14)19-12-17(22-15(2)8-10-26-22)13-21(23-19)24-9-4-5-16(24)3/h6-8,10-13,16,25H,4-5,9H2,1-3H3. The van der Waals surface area contributed by atoms with Gasteiger partial charge in [-0.25, -0.2) is 4.98 Å². The summed E-state index contributed by atoms with van der Waals surface area (Å²) in [7, 11) is 0. The van der Waals surface area contributed by atoms with Gasteiger partial charge in [0, 0.05) is 23.0 Å². The summed E-state index contributed by atoms with van der Waals surface area (Å²) in [4.78, 5) is 8.61. The Morgan fingerprint density at radius 1 is 1.15 bits per heavy atom. The molecule has 1 aliphatic rings. The van der Waals surface area contributed by atoms with Crippen LogP contribution in [-0.4, -0.2) is 22.7 Å². The Labute approximate surface area is 159 Å². The quantitative estimate of drug-likeness (QED) is 0.639. The van der Waals surface area contributed by atoms with Crippen molar-refractivity contribution in [2.75, 3.05) is 11.4 Å². The topological polar surface area (TPSA) is 36.4 Å². The van der Waals surface area contributed by atoms with Crippen LogP contribution in [0, 0.1) is 13.8 Å². The van der Waals surface area contributed by atoms with Crippen molar-refractivity contribution in [3.05, 3.63) is 52.9 Å². The van der Waals surface area contributed by atoms with Crippen molar-refractivity contribution in [2.45, 2.75) is 39.7 Å². The number of hydrogen-bond donors (Lipinski definition) is 1. The number of pyridine rings is 1. The molecule has 1 saturated heterocycles. The zero-order chi connectivity index (χ0) is 18.3. The fourth-order valence-electron chi connectivity index (χ4n) is 3.73. The highest BCUT2D eigenvalue weighted by Gasteiger charge is 2.23. The molecule has 3 aromatic rings. The van der Waals surface area contributed by atoms with E-state index in [0.717, 1.165) is 29.2 Å². The zero-order valence-corrected chi connectivity index (χ0v) is 16.3. The van der Waals surface area contributed by atoms with Crippen LogP contribution in [0.5, 0.6) is 5.75 Å². The molecule has 0 radical (unpaired) electrons. The van der Waals surface area contributed by atoms with Gasteiger partial charge in [0.1, 0.15) is 11.6 Å². The number of aryl methyl sites for hydroxylation is 2. The number of benzene rings is 1. The van der Waals surface area contributed by atoms with Gasteiger partial charge in [0.15, 0.2) is 0 Å². The van der Waals surface area contributed by atoms with E-state index < -0.39 is 0 Å². The molecule has 0 spiro atoms. The van der Waals surface area contributed by atoms with Crippen molar-refractivity contribution in [2.24, 2.45) is 0 Å². The second-order valence-electron chi connectivity index (χ2n) is 7.24. The van der Waals surface area contributed by atoms with Gasteiger partial charge in [-0.05, 0) is 80.5 Å². The minimum atomic E-state index is 0.281. The molecule has 0 bridgehead atoms. The molecule has 4 heteroatoms. The maximum absolute atomic E-state index is 10.4. The van der Waals surface area contributed by atoms with Crippen LogP contribution in [-0.2, 0) is 0 Å². The van der Waals surface area contributed by atoms with Crippen LogP contribution in [0.3, 0.4) is 0 Å². The number of phenolic OH excluding ortho intramolecular Hbond substituents is 1. The zero-order valence-electron chi connectivity index (χ0n) is 15.5. The number of rotatable bonds is 3. The Morgan fingerprint density at radius 2 is 2.00 bits per heavy atom. The molecule has 3 heterocycles. The van der Waals surface area contributed by atoms with Gasteiger partial charge in [-0.3, -0.25) is 0 Å². The number of thiophene rings is 1. The average molecular weight is 365 g/mol. The van der Waals surface area contributed by atoms with E-state index in [0.29, 0.717) is 6.04 Å². The number of hydrogen-bond acceptors (Lipinski definition) is 4. The molecule has 0 saturated carbocycles. The van der Waals surface area contributed by atoms with Crippen molar-refractivity contribution in [1.29, 1.82) is 0 Å². The van der Waals surface area contributed by atoms with Crippen LogP contribution in [0.4, 0.5) is 5.82 Å². The first-order valence-electron chi connectivity index (χ1n) is 9.16. The minimum absolute atomic E-state index is 0.281. The Kier molecular flexibility index (Phi) is 4.45. The van der Waals surface area contributed by atoms with Crippen LogP contribution in [0.2, 0.25) is 0 Å². The first-order valence-corrected chi connectivity index (χ1v) is 10.0. The summed E-state index contributed by atoms with van der Waals surface area (Å²) in [6.45, 7) is 7.50. The summed E-state index contributed by atoms with van der Waals surface area (Å²) in [6.07, 6.45) is 2.41. The fraction of sp³-hybridized carbons (Fsp3) is 0.318. The van der Waals surface area contributed by atoms with Gasteiger partial charge in [0.05, 0.1) is 5.69 Å². The Morgan fingerprint density at radius 3 is 2.69 bits per heavy atom. The number of nitrogens with zero attached hydrogens (tertiary/aromatic N) is 2. The molecule has 1 atom stereocenters. The lowest BCUT2D eigenvalue weighted by Crippen LogP contribution is -2.27. The number of phenols is 1. The fourth-order valence-corrected chi connectivity index (χ4v) is 4.65. The summed E-state index contributed by atoms with van der Waals surface area (Å²) < 4.78 is 0. The van der Waals surface area contributed by atoms with Gasteiger partial charge in [0.2, 0.25) is 0 Å². The molecule has 1 fully saturated rings. The molecule has 1 aromatic carbocycles. The summed E-state index contributed by atoms with van der Waals surface area (Å²) >= 11 is 1.76. The van der Waals surface area contributed by atoms with E-state index in [1.54, 1.807) is 17.4 Å². The number of aromatic hydroxyl groups is 1. The molecule has 1 aliphatic heterocycles. The summed E-state index contributed by atoms with van der Waals surface area (Å²) in [5.41, 5.74) is 5.21. The first-order chi connectivity index (χ1) is 12.5. The van der Waals surface area contributed by atoms with Crippen LogP contribution in [0.25, 0.3) is 21.7 Å². The maximum atomic E-state index is 10.4. The van der Waals surface area contributed by atoms with E-state index in [2.05, 4.69) is 42.3 Å². The van der Waals surface area contributed by atoms with Crippen molar-refractivity contribution in [1.82, 2.24) is 4.98 Å². The van der Waals surface area contributed by atoms with Crippen LogP contribution in [0.1, 0.15) is 30.9 Å². The van der Waals surface area contributed by atoms with E-state index in [4.69, 9.17) is 4.98 Å². The van der Waals surface area contributed by atoms with Crippen molar-refractivity contribution < 1.29 is 5.11 Å². The number of aromatic nitrogens is 1.